The van der Waals surface area contributed by atoms with E-state index in [-0.39, 0.29) is 17.4 Å². The lowest BCUT2D eigenvalue weighted by Crippen LogP contribution is -2.14. The van der Waals surface area contributed by atoms with Crippen LogP contribution in [0.5, 0.6) is 0 Å². The fourth-order valence-corrected chi connectivity index (χ4v) is 2.08. The van der Waals surface area contributed by atoms with Crippen LogP contribution in [0.3, 0.4) is 0 Å². The number of ketones is 1. The summed E-state index contributed by atoms with van der Waals surface area (Å²) in [4.78, 5) is 23.0. The maximum atomic E-state index is 11.8. The van der Waals surface area contributed by atoms with Gasteiger partial charge in [-0.25, -0.2) is 0 Å². The van der Waals surface area contributed by atoms with Gasteiger partial charge >= 0.3 is 0 Å². The number of benzene rings is 1. The first-order chi connectivity index (χ1) is 9.54. The smallest absolute Gasteiger partial charge is 0.277 e. The molecule has 1 amide bonds. The van der Waals surface area contributed by atoms with E-state index in [1.165, 1.54) is 6.92 Å². The molecule has 1 aromatic carbocycles. The van der Waals surface area contributed by atoms with E-state index in [0.29, 0.717) is 22.4 Å². The number of hydrogen-bond acceptors (Lipinski definition) is 6. The van der Waals surface area contributed by atoms with Crippen LogP contribution in [-0.2, 0) is 4.79 Å². The van der Waals surface area contributed by atoms with Crippen molar-refractivity contribution in [1.82, 2.24) is 10.2 Å². The van der Waals surface area contributed by atoms with Gasteiger partial charge in [-0.2, -0.15) is 0 Å². The monoisotopic (exact) mass is 291 g/mol. The second-order valence-electron chi connectivity index (χ2n) is 4.06. The van der Waals surface area contributed by atoms with Crippen molar-refractivity contribution in [2.24, 2.45) is 0 Å². The molecule has 2 rings (SSSR count). The third-order valence-corrected chi connectivity index (χ3v) is 3.21. The molecule has 7 heteroatoms. The van der Waals surface area contributed by atoms with Crippen molar-refractivity contribution in [3.8, 4) is 0 Å². The Morgan fingerprint density at radius 1 is 1.35 bits per heavy atom. The number of nitrogens with one attached hydrogen (secondary N) is 1. The van der Waals surface area contributed by atoms with Crippen LogP contribution in [0.2, 0.25) is 0 Å². The van der Waals surface area contributed by atoms with Gasteiger partial charge < -0.3 is 9.73 Å². The summed E-state index contributed by atoms with van der Waals surface area (Å²) in [6, 6.07) is 6.79. The number of anilines is 1. The molecule has 20 heavy (non-hydrogen) atoms. The molecule has 2 aromatic rings. The summed E-state index contributed by atoms with van der Waals surface area (Å²) >= 11 is 1.16. The second kappa shape index (κ2) is 6.33. The van der Waals surface area contributed by atoms with Crippen LogP contribution in [0.15, 0.2) is 33.9 Å². The minimum Gasteiger partial charge on any atom is -0.416 e. The van der Waals surface area contributed by atoms with Gasteiger partial charge in [0, 0.05) is 18.2 Å². The van der Waals surface area contributed by atoms with Crippen molar-refractivity contribution in [2.45, 2.75) is 19.1 Å². The minimum atomic E-state index is -0.202. The third-order valence-electron chi connectivity index (χ3n) is 2.39. The molecule has 0 aliphatic carbocycles. The molecular weight excluding hydrogens is 278 g/mol. The van der Waals surface area contributed by atoms with Gasteiger partial charge in [0.15, 0.2) is 5.78 Å². The Labute approximate surface area is 120 Å². The van der Waals surface area contributed by atoms with Gasteiger partial charge in [0.2, 0.25) is 11.8 Å². The zero-order valence-corrected chi connectivity index (χ0v) is 11.9. The first kappa shape index (κ1) is 14.3. The highest BCUT2D eigenvalue weighted by atomic mass is 32.2. The summed E-state index contributed by atoms with van der Waals surface area (Å²) in [5.74, 6) is 0.372. The zero-order valence-electron chi connectivity index (χ0n) is 11.0. The normalized spacial score (nSPS) is 10.3. The molecule has 0 bridgehead atoms. The molecule has 0 saturated heterocycles. The highest BCUT2D eigenvalue weighted by molar-refractivity contribution is 7.99. The van der Waals surface area contributed by atoms with Crippen molar-refractivity contribution < 1.29 is 14.0 Å². The lowest BCUT2D eigenvalue weighted by molar-refractivity contribution is -0.113. The number of nitrogens with zero attached hydrogens (tertiary/aromatic N) is 2. The molecule has 0 aliphatic heterocycles. The SMILES string of the molecule is CC(=O)c1cccc(NC(=O)CSc2nnc(C)o2)c1. The van der Waals surface area contributed by atoms with Crippen LogP contribution >= 0.6 is 11.8 Å². The van der Waals surface area contributed by atoms with Crippen molar-refractivity contribution in [3.63, 3.8) is 0 Å². The molecule has 0 radical (unpaired) electrons. The Kier molecular flexibility index (Phi) is 4.52. The van der Waals surface area contributed by atoms with Gasteiger partial charge in [0.05, 0.1) is 5.75 Å². The fraction of sp³-hybridized carbons (Fsp3) is 0.231. The maximum Gasteiger partial charge on any atom is 0.277 e. The highest BCUT2D eigenvalue weighted by Gasteiger charge is 2.09. The quantitative estimate of drug-likeness (QED) is 0.672. The van der Waals surface area contributed by atoms with Gasteiger partial charge in [-0.15, -0.1) is 10.2 Å². The van der Waals surface area contributed by atoms with E-state index in [4.69, 9.17) is 4.42 Å². The average molecular weight is 291 g/mol. The Hall–Kier alpha value is -2.15. The number of rotatable bonds is 5. The number of Topliss-reactive ketones (excluding diaryl/α,β-unsaturated/α-hetero) is 1. The second-order valence-corrected chi connectivity index (χ2v) is 4.99. The standard InChI is InChI=1S/C13H13N3O3S/c1-8(17)10-4-3-5-11(6-10)14-12(18)7-20-13-16-15-9(2)19-13/h3-6H,7H2,1-2H3,(H,14,18). The molecule has 1 heterocycles. The number of carbonyl (C=O) groups excluding carboxylic acids is 2. The molecule has 104 valence electrons. The average Bonchev–Trinajstić information content (AvgIpc) is 2.82. The fourth-order valence-electron chi connectivity index (χ4n) is 1.48. The van der Waals surface area contributed by atoms with Crippen molar-refractivity contribution in [1.29, 1.82) is 0 Å². The van der Waals surface area contributed by atoms with Crippen LogP contribution in [0, 0.1) is 6.92 Å². The van der Waals surface area contributed by atoms with E-state index >= 15 is 0 Å². The lowest BCUT2D eigenvalue weighted by Gasteiger charge is -2.05. The van der Waals surface area contributed by atoms with E-state index in [9.17, 15) is 9.59 Å². The summed E-state index contributed by atoms with van der Waals surface area (Å²) in [5, 5.41) is 10.5. The van der Waals surface area contributed by atoms with Gasteiger partial charge in [0.25, 0.3) is 5.22 Å². The molecule has 1 N–H and O–H groups in total. The summed E-state index contributed by atoms with van der Waals surface area (Å²) < 4.78 is 5.15. The predicted molar refractivity (Wildman–Crippen MR) is 74.8 cm³/mol. The van der Waals surface area contributed by atoms with Gasteiger partial charge in [0.1, 0.15) is 0 Å². The van der Waals surface area contributed by atoms with Crippen LogP contribution in [0.1, 0.15) is 23.2 Å². The first-order valence-corrected chi connectivity index (χ1v) is 6.87. The number of hydrogen-bond donors (Lipinski definition) is 1. The van der Waals surface area contributed by atoms with E-state index in [1.54, 1.807) is 31.2 Å². The molecule has 0 saturated carbocycles. The molecular formula is C13H13N3O3S. The van der Waals surface area contributed by atoms with E-state index in [1.807, 2.05) is 0 Å². The number of amides is 1. The lowest BCUT2D eigenvalue weighted by atomic mass is 10.1. The van der Waals surface area contributed by atoms with Crippen LogP contribution in [0.25, 0.3) is 0 Å². The van der Waals surface area contributed by atoms with Gasteiger partial charge in [-0.1, -0.05) is 23.9 Å². The topological polar surface area (TPSA) is 85.1 Å². The summed E-state index contributed by atoms with van der Waals surface area (Å²) in [7, 11) is 0. The Morgan fingerprint density at radius 2 is 2.15 bits per heavy atom. The molecule has 1 aromatic heterocycles. The highest BCUT2D eigenvalue weighted by Crippen LogP contribution is 2.17. The number of aromatic nitrogens is 2. The minimum absolute atomic E-state index is 0.0446. The molecule has 0 unspecified atom stereocenters. The van der Waals surface area contributed by atoms with Crippen molar-refractivity contribution >= 4 is 29.1 Å². The predicted octanol–water partition coefficient (Wildman–Crippen LogP) is 2.31. The molecule has 0 spiro atoms. The Balaban J connectivity index is 1.91. The summed E-state index contributed by atoms with van der Waals surface area (Å²) in [5.41, 5.74) is 1.15. The van der Waals surface area contributed by atoms with Crippen LogP contribution in [-0.4, -0.2) is 27.6 Å². The van der Waals surface area contributed by atoms with Crippen LogP contribution in [0.4, 0.5) is 5.69 Å². The van der Waals surface area contributed by atoms with Crippen LogP contribution < -0.4 is 5.32 Å². The largest absolute Gasteiger partial charge is 0.416 e. The first-order valence-electron chi connectivity index (χ1n) is 5.88. The van der Waals surface area contributed by atoms with Gasteiger partial charge in [-0.3, -0.25) is 9.59 Å². The third kappa shape index (κ3) is 3.92. The van der Waals surface area contributed by atoms with Gasteiger partial charge in [-0.05, 0) is 19.1 Å². The zero-order chi connectivity index (χ0) is 14.5. The Morgan fingerprint density at radius 3 is 2.80 bits per heavy atom. The van der Waals surface area contributed by atoms with E-state index in [0.717, 1.165) is 11.8 Å². The number of aryl methyl sites for hydroxylation is 1. The Bertz CT molecular complexity index is 639. The molecule has 6 nitrogen and oxygen atoms in total. The summed E-state index contributed by atoms with van der Waals surface area (Å²) in [6.07, 6.45) is 0. The van der Waals surface area contributed by atoms with E-state index < -0.39 is 0 Å². The molecule has 0 atom stereocenters. The van der Waals surface area contributed by atoms with Crippen molar-refractivity contribution in [3.05, 3.63) is 35.7 Å². The van der Waals surface area contributed by atoms with Crippen molar-refractivity contribution in [2.75, 3.05) is 11.1 Å². The maximum absolute atomic E-state index is 11.8. The number of thioether (sulfide) groups is 1. The van der Waals surface area contributed by atoms with E-state index in [2.05, 4.69) is 15.5 Å². The molecule has 0 aliphatic rings. The number of carbonyl (C=O) groups is 2. The summed E-state index contributed by atoms with van der Waals surface area (Å²) in [6.45, 7) is 3.17. The molecule has 0 fully saturated rings.